The summed E-state index contributed by atoms with van der Waals surface area (Å²) in [5.41, 5.74) is 2.64. The van der Waals surface area contributed by atoms with Gasteiger partial charge in [-0.3, -0.25) is 4.79 Å². The molecular formula is C24H20BrFN2O3S. The minimum Gasteiger partial charge on any atom is -0.337 e. The van der Waals surface area contributed by atoms with Crippen LogP contribution >= 0.6 is 15.9 Å². The molecule has 32 heavy (non-hydrogen) atoms. The maximum Gasteiger partial charge on any atom is 0.244 e. The van der Waals surface area contributed by atoms with Gasteiger partial charge >= 0.3 is 0 Å². The number of hydrogen-bond donors (Lipinski definition) is 1. The number of halogens is 2. The zero-order chi connectivity index (χ0) is 22.9. The molecule has 1 aromatic heterocycles. The maximum absolute atomic E-state index is 13.5. The number of para-hydroxylation sites is 1. The number of anilines is 1. The molecule has 5 nitrogen and oxygen atoms in total. The van der Waals surface area contributed by atoms with Crippen molar-refractivity contribution in [2.75, 3.05) is 5.32 Å². The van der Waals surface area contributed by atoms with Crippen molar-refractivity contribution >= 4 is 48.3 Å². The fourth-order valence-corrected chi connectivity index (χ4v) is 5.41. The SMILES string of the molecule is Cc1cc(NC(=O)Cn2cc(S(=O)(=O)Cc3cccc(F)c3)c3ccccc32)ccc1Br. The van der Waals surface area contributed by atoms with Crippen molar-refractivity contribution < 1.29 is 17.6 Å². The van der Waals surface area contributed by atoms with E-state index >= 15 is 0 Å². The average molecular weight is 515 g/mol. The Bertz CT molecular complexity index is 1430. The molecule has 8 heteroatoms. The molecule has 0 atom stereocenters. The molecule has 3 aromatic carbocycles. The number of aryl methyl sites for hydroxylation is 1. The number of hydrogen-bond acceptors (Lipinski definition) is 3. The zero-order valence-corrected chi connectivity index (χ0v) is 19.6. The van der Waals surface area contributed by atoms with Crippen LogP contribution in [0, 0.1) is 12.7 Å². The summed E-state index contributed by atoms with van der Waals surface area (Å²) >= 11 is 3.43. The Morgan fingerprint density at radius 3 is 2.59 bits per heavy atom. The molecule has 0 aliphatic heterocycles. The van der Waals surface area contributed by atoms with Crippen LogP contribution < -0.4 is 5.32 Å². The summed E-state index contributed by atoms with van der Waals surface area (Å²) in [7, 11) is -3.77. The molecule has 1 heterocycles. The summed E-state index contributed by atoms with van der Waals surface area (Å²) in [6.07, 6.45) is 1.48. The molecule has 164 valence electrons. The highest BCUT2D eigenvalue weighted by molar-refractivity contribution is 9.10. The average Bonchev–Trinajstić information content (AvgIpc) is 3.10. The van der Waals surface area contributed by atoms with Crippen molar-refractivity contribution in [3.8, 4) is 0 Å². The molecule has 0 spiro atoms. The van der Waals surface area contributed by atoms with Crippen LogP contribution in [0.2, 0.25) is 0 Å². The van der Waals surface area contributed by atoms with Crippen LogP contribution in [0.1, 0.15) is 11.1 Å². The van der Waals surface area contributed by atoms with E-state index in [1.165, 1.54) is 24.4 Å². The maximum atomic E-state index is 13.5. The molecule has 0 fully saturated rings. The van der Waals surface area contributed by atoms with Crippen LogP contribution in [-0.2, 0) is 26.9 Å². The summed E-state index contributed by atoms with van der Waals surface area (Å²) in [5.74, 6) is -1.09. The van der Waals surface area contributed by atoms with Gasteiger partial charge in [0.15, 0.2) is 9.84 Å². The molecule has 0 bridgehead atoms. The van der Waals surface area contributed by atoms with Crippen molar-refractivity contribution in [2.45, 2.75) is 24.1 Å². The molecule has 4 rings (SSSR count). The van der Waals surface area contributed by atoms with Gasteiger partial charge in [-0.2, -0.15) is 0 Å². The second-order valence-electron chi connectivity index (χ2n) is 7.54. The monoisotopic (exact) mass is 514 g/mol. The predicted octanol–water partition coefficient (Wildman–Crippen LogP) is 5.46. The molecule has 0 saturated heterocycles. The lowest BCUT2D eigenvalue weighted by Gasteiger charge is -2.09. The van der Waals surface area contributed by atoms with Crippen molar-refractivity contribution in [2.24, 2.45) is 0 Å². The third kappa shape index (κ3) is 4.76. The highest BCUT2D eigenvalue weighted by atomic mass is 79.9. The predicted molar refractivity (Wildman–Crippen MR) is 127 cm³/mol. The third-order valence-electron chi connectivity index (χ3n) is 5.09. The van der Waals surface area contributed by atoms with E-state index in [0.717, 1.165) is 10.0 Å². The van der Waals surface area contributed by atoms with E-state index in [4.69, 9.17) is 0 Å². The summed E-state index contributed by atoms with van der Waals surface area (Å²) < 4.78 is 42.4. The van der Waals surface area contributed by atoms with Crippen LogP contribution in [0.15, 0.2) is 82.3 Å². The van der Waals surface area contributed by atoms with Crippen LogP contribution in [0.3, 0.4) is 0 Å². The van der Waals surface area contributed by atoms with Crippen molar-refractivity contribution in [1.82, 2.24) is 4.57 Å². The van der Waals surface area contributed by atoms with E-state index in [-0.39, 0.29) is 23.1 Å². The van der Waals surface area contributed by atoms with Crippen LogP contribution in [0.5, 0.6) is 0 Å². The smallest absolute Gasteiger partial charge is 0.244 e. The van der Waals surface area contributed by atoms with Gasteiger partial charge in [-0.25, -0.2) is 12.8 Å². The van der Waals surface area contributed by atoms with E-state index < -0.39 is 15.7 Å². The number of benzene rings is 3. The fraction of sp³-hybridized carbons (Fsp3) is 0.125. The number of sulfone groups is 1. The third-order valence-corrected chi connectivity index (χ3v) is 7.69. The van der Waals surface area contributed by atoms with Gasteiger partial charge in [-0.15, -0.1) is 0 Å². The number of carbonyl (C=O) groups excluding carboxylic acids is 1. The Morgan fingerprint density at radius 2 is 1.84 bits per heavy atom. The number of carbonyl (C=O) groups is 1. The van der Waals surface area contributed by atoms with Gasteiger partial charge in [0, 0.05) is 27.3 Å². The first kappa shape index (κ1) is 22.2. The Hall–Kier alpha value is -2.97. The molecule has 0 aliphatic carbocycles. The number of rotatable bonds is 6. The highest BCUT2D eigenvalue weighted by Gasteiger charge is 2.22. The van der Waals surface area contributed by atoms with Crippen LogP contribution in [-0.4, -0.2) is 18.9 Å². The lowest BCUT2D eigenvalue weighted by molar-refractivity contribution is -0.116. The van der Waals surface area contributed by atoms with E-state index in [0.29, 0.717) is 22.2 Å². The van der Waals surface area contributed by atoms with Gasteiger partial charge < -0.3 is 9.88 Å². The van der Waals surface area contributed by atoms with Gasteiger partial charge in [0.2, 0.25) is 5.91 Å². The first-order valence-corrected chi connectivity index (χ1v) is 12.3. The second kappa shape index (κ2) is 8.88. The van der Waals surface area contributed by atoms with Crippen molar-refractivity contribution in [3.05, 3.63) is 94.3 Å². The van der Waals surface area contributed by atoms with Crippen molar-refractivity contribution in [3.63, 3.8) is 0 Å². The lowest BCUT2D eigenvalue weighted by Crippen LogP contribution is -2.18. The molecular weight excluding hydrogens is 495 g/mol. The van der Waals surface area contributed by atoms with E-state index in [9.17, 15) is 17.6 Å². The number of nitrogens with one attached hydrogen (secondary N) is 1. The minimum atomic E-state index is -3.77. The van der Waals surface area contributed by atoms with Gasteiger partial charge in [-0.05, 0) is 54.4 Å². The Morgan fingerprint density at radius 1 is 1.06 bits per heavy atom. The van der Waals surface area contributed by atoms with Gasteiger partial charge in [0.1, 0.15) is 12.4 Å². The largest absolute Gasteiger partial charge is 0.337 e. The minimum absolute atomic E-state index is 0.0505. The van der Waals surface area contributed by atoms with E-state index in [1.807, 2.05) is 19.1 Å². The Kier molecular flexibility index (Phi) is 6.17. The molecule has 0 unspecified atom stereocenters. The summed E-state index contributed by atoms with van der Waals surface area (Å²) in [5, 5.41) is 3.37. The number of nitrogens with zero attached hydrogens (tertiary/aromatic N) is 1. The van der Waals surface area contributed by atoms with Crippen LogP contribution in [0.4, 0.5) is 10.1 Å². The number of amides is 1. The highest BCUT2D eigenvalue weighted by Crippen LogP contribution is 2.28. The molecule has 1 N–H and O–H groups in total. The fourth-order valence-electron chi connectivity index (χ4n) is 3.59. The van der Waals surface area contributed by atoms with Gasteiger partial charge in [-0.1, -0.05) is 46.3 Å². The molecule has 4 aromatic rings. The lowest BCUT2D eigenvalue weighted by atomic mass is 10.2. The first-order chi connectivity index (χ1) is 15.2. The van der Waals surface area contributed by atoms with E-state index in [2.05, 4.69) is 21.2 Å². The molecule has 0 saturated carbocycles. The summed E-state index contributed by atoms with van der Waals surface area (Å²) in [6, 6.07) is 18.1. The van der Waals surface area contributed by atoms with Crippen LogP contribution in [0.25, 0.3) is 10.9 Å². The normalized spacial score (nSPS) is 11.6. The molecule has 0 aliphatic rings. The summed E-state index contributed by atoms with van der Waals surface area (Å²) in [4.78, 5) is 12.8. The Labute approximate surface area is 193 Å². The second-order valence-corrected chi connectivity index (χ2v) is 10.4. The topological polar surface area (TPSA) is 68.2 Å². The summed E-state index contributed by atoms with van der Waals surface area (Å²) in [6.45, 7) is 1.88. The first-order valence-electron chi connectivity index (χ1n) is 9.84. The van der Waals surface area contributed by atoms with Gasteiger partial charge in [0.25, 0.3) is 0 Å². The molecule has 0 radical (unpaired) electrons. The Balaban J connectivity index is 1.63. The number of fused-ring (bicyclic) bond motifs is 1. The quantitative estimate of drug-likeness (QED) is 0.371. The van der Waals surface area contributed by atoms with Gasteiger partial charge in [0.05, 0.1) is 10.6 Å². The molecule has 1 amide bonds. The standard InChI is InChI=1S/C24H20BrFN2O3S/c1-16-11-19(9-10-21(16)25)27-24(29)14-28-13-23(20-7-2-3-8-22(20)28)32(30,31)15-17-5-4-6-18(26)12-17/h2-13H,14-15H2,1H3,(H,27,29). The van der Waals surface area contributed by atoms with Crippen molar-refractivity contribution in [1.29, 1.82) is 0 Å². The number of aromatic nitrogens is 1. The zero-order valence-electron chi connectivity index (χ0n) is 17.2. The van der Waals surface area contributed by atoms with E-state index in [1.54, 1.807) is 41.0 Å².